The molecule has 0 heterocycles. The first-order valence-electron chi connectivity index (χ1n) is 9.23. The Kier molecular flexibility index (Phi) is 6.74. The minimum absolute atomic E-state index is 0.00514. The van der Waals surface area contributed by atoms with Crippen molar-refractivity contribution in [1.82, 2.24) is 0 Å². The van der Waals surface area contributed by atoms with Gasteiger partial charge in [-0.2, -0.15) is 0 Å². The molecule has 0 fully saturated rings. The van der Waals surface area contributed by atoms with Crippen LogP contribution in [0.15, 0.2) is 77.7 Å². The number of amides is 1. The second-order valence-corrected chi connectivity index (χ2v) is 8.79. The molecular formula is C22H20ClFN2O3S. The van der Waals surface area contributed by atoms with Crippen molar-refractivity contribution < 1.29 is 17.6 Å². The van der Waals surface area contributed by atoms with Crippen LogP contribution in [0.2, 0.25) is 5.02 Å². The van der Waals surface area contributed by atoms with E-state index in [2.05, 4.69) is 5.32 Å². The average molecular weight is 447 g/mol. The van der Waals surface area contributed by atoms with Crippen LogP contribution in [-0.4, -0.2) is 20.9 Å². The molecule has 1 N–H and O–H groups in total. The van der Waals surface area contributed by atoms with Crippen LogP contribution in [0.1, 0.15) is 12.5 Å². The summed E-state index contributed by atoms with van der Waals surface area (Å²) in [5.41, 5.74) is 1.75. The number of nitrogens with zero attached hydrogens (tertiary/aromatic N) is 1. The Balaban J connectivity index is 1.92. The number of sulfonamides is 1. The van der Waals surface area contributed by atoms with Crippen LogP contribution in [0.5, 0.6) is 0 Å². The van der Waals surface area contributed by atoms with Gasteiger partial charge in [0.1, 0.15) is 12.4 Å². The van der Waals surface area contributed by atoms with Gasteiger partial charge in [-0.15, -0.1) is 0 Å². The van der Waals surface area contributed by atoms with Crippen molar-refractivity contribution in [2.45, 2.75) is 18.2 Å². The largest absolute Gasteiger partial charge is 0.325 e. The van der Waals surface area contributed by atoms with E-state index in [1.165, 1.54) is 24.3 Å². The van der Waals surface area contributed by atoms with E-state index in [1.54, 1.807) is 30.3 Å². The fourth-order valence-electron chi connectivity index (χ4n) is 2.83. The van der Waals surface area contributed by atoms with Crippen LogP contribution in [0.25, 0.3) is 0 Å². The monoisotopic (exact) mass is 446 g/mol. The Morgan fingerprint density at radius 3 is 2.30 bits per heavy atom. The molecule has 5 nitrogen and oxygen atoms in total. The molecule has 0 unspecified atom stereocenters. The van der Waals surface area contributed by atoms with Crippen molar-refractivity contribution >= 4 is 38.9 Å². The summed E-state index contributed by atoms with van der Waals surface area (Å²) >= 11 is 5.85. The minimum atomic E-state index is -4.09. The van der Waals surface area contributed by atoms with Gasteiger partial charge in [0.15, 0.2) is 0 Å². The molecule has 1 amide bonds. The molecule has 3 rings (SSSR count). The highest BCUT2D eigenvalue weighted by Crippen LogP contribution is 2.27. The highest BCUT2D eigenvalue weighted by molar-refractivity contribution is 7.92. The summed E-state index contributed by atoms with van der Waals surface area (Å²) in [4.78, 5) is 12.7. The number of rotatable bonds is 7. The van der Waals surface area contributed by atoms with E-state index in [-0.39, 0.29) is 15.6 Å². The van der Waals surface area contributed by atoms with Gasteiger partial charge < -0.3 is 5.32 Å². The molecule has 0 aliphatic rings. The smallest absolute Gasteiger partial charge is 0.264 e. The Bertz CT molecular complexity index is 1140. The summed E-state index contributed by atoms with van der Waals surface area (Å²) in [5.74, 6) is -1.22. The van der Waals surface area contributed by atoms with E-state index in [4.69, 9.17) is 11.6 Å². The zero-order valence-electron chi connectivity index (χ0n) is 16.2. The standard InChI is InChI=1S/C22H20ClFN2O3S/c1-2-16-8-10-17(11-9-16)25-22(27)15-26(18-12-13-21(24)20(23)14-18)30(28,29)19-6-4-3-5-7-19/h3-14H,2,15H2,1H3,(H,25,27). The molecule has 3 aromatic carbocycles. The fourth-order valence-corrected chi connectivity index (χ4v) is 4.44. The number of hydrogen-bond donors (Lipinski definition) is 1. The van der Waals surface area contributed by atoms with Crippen LogP contribution in [0, 0.1) is 5.82 Å². The van der Waals surface area contributed by atoms with E-state index in [0.29, 0.717) is 5.69 Å². The minimum Gasteiger partial charge on any atom is -0.325 e. The van der Waals surface area contributed by atoms with Gasteiger partial charge >= 0.3 is 0 Å². The summed E-state index contributed by atoms with van der Waals surface area (Å²) in [7, 11) is -4.09. The summed E-state index contributed by atoms with van der Waals surface area (Å²) < 4.78 is 40.9. The highest BCUT2D eigenvalue weighted by atomic mass is 35.5. The Morgan fingerprint density at radius 1 is 1.03 bits per heavy atom. The van der Waals surface area contributed by atoms with Crippen molar-refractivity contribution in [3.63, 3.8) is 0 Å². The highest BCUT2D eigenvalue weighted by Gasteiger charge is 2.27. The third kappa shape index (κ3) is 4.98. The lowest BCUT2D eigenvalue weighted by molar-refractivity contribution is -0.114. The van der Waals surface area contributed by atoms with Crippen molar-refractivity contribution in [1.29, 1.82) is 0 Å². The quantitative estimate of drug-likeness (QED) is 0.562. The third-order valence-electron chi connectivity index (χ3n) is 4.46. The molecule has 0 aromatic heterocycles. The normalized spacial score (nSPS) is 11.2. The molecule has 3 aromatic rings. The van der Waals surface area contributed by atoms with Crippen LogP contribution in [0.4, 0.5) is 15.8 Å². The average Bonchev–Trinajstić information content (AvgIpc) is 2.75. The molecular weight excluding hydrogens is 427 g/mol. The summed E-state index contributed by atoms with van der Waals surface area (Å²) in [6.45, 7) is 1.52. The van der Waals surface area contributed by atoms with Crippen molar-refractivity contribution in [2.24, 2.45) is 0 Å². The van der Waals surface area contributed by atoms with Crippen molar-refractivity contribution in [3.8, 4) is 0 Å². The lowest BCUT2D eigenvalue weighted by Crippen LogP contribution is -2.38. The predicted octanol–water partition coefficient (Wildman–Crippen LogP) is 4.88. The predicted molar refractivity (Wildman–Crippen MR) is 117 cm³/mol. The van der Waals surface area contributed by atoms with Gasteiger partial charge in [-0.1, -0.05) is 48.9 Å². The van der Waals surface area contributed by atoms with E-state index in [1.807, 2.05) is 19.1 Å². The maximum atomic E-state index is 13.6. The Hall–Kier alpha value is -2.90. The molecule has 0 radical (unpaired) electrons. The maximum Gasteiger partial charge on any atom is 0.264 e. The first kappa shape index (κ1) is 21.8. The molecule has 0 aliphatic heterocycles. The lowest BCUT2D eigenvalue weighted by Gasteiger charge is -2.24. The molecule has 156 valence electrons. The first-order chi connectivity index (χ1) is 14.3. The molecule has 0 saturated carbocycles. The van der Waals surface area contributed by atoms with Gasteiger partial charge in [0.2, 0.25) is 5.91 Å². The third-order valence-corrected chi connectivity index (χ3v) is 6.53. The number of carbonyl (C=O) groups excluding carboxylic acids is 1. The van der Waals surface area contributed by atoms with Crippen LogP contribution >= 0.6 is 11.6 Å². The Morgan fingerprint density at radius 2 is 1.70 bits per heavy atom. The van der Waals surface area contributed by atoms with Crippen molar-refractivity contribution in [3.05, 3.63) is 89.2 Å². The second-order valence-electron chi connectivity index (χ2n) is 6.52. The summed E-state index contributed by atoms with van der Waals surface area (Å²) in [6.07, 6.45) is 0.864. The molecule has 0 aliphatic carbocycles. The number of nitrogens with one attached hydrogen (secondary N) is 1. The van der Waals surface area contributed by atoms with E-state index < -0.39 is 28.3 Å². The SMILES string of the molecule is CCc1ccc(NC(=O)CN(c2ccc(F)c(Cl)c2)S(=O)(=O)c2ccccc2)cc1. The zero-order chi connectivity index (χ0) is 21.7. The van der Waals surface area contributed by atoms with Gasteiger partial charge in [0, 0.05) is 5.69 Å². The number of anilines is 2. The Labute approximate surface area is 180 Å². The summed E-state index contributed by atoms with van der Waals surface area (Å²) in [5, 5.41) is 2.45. The van der Waals surface area contributed by atoms with Crippen LogP contribution in [0.3, 0.4) is 0 Å². The van der Waals surface area contributed by atoms with Gasteiger partial charge in [-0.3, -0.25) is 9.10 Å². The van der Waals surface area contributed by atoms with E-state index in [9.17, 15) is 17.6 Å². The van der Waals surface area contributed by atoms with Gasteiger partial charge in [-0.05, 0) is 54.4 Å². The van der Waals surface area contributed by atoms with Crippen molar-refractivity contribution in [2.75, 3.05) is 16.2 Å². The molecule has 8 heteroatoms. The summed E-state index contributed by atoms with van der Waals surface area (Å²) in [6, 6.07) is 18.5. The molecule has 0 spiro atoms. The lowest BCUT2D eigenvalue weighted by atomic mass is 10.1. The van der Waals surface area contributed by atoms with Crippen LogP contribution < -0.4 is 9.62 Å². The fraction of sp³-hybridized carbons (Fsp3) is 0.136. The number of hydrogen-bond acceptors (Lipinski definition) is 3. The topological polar surface area (TPSA) is 66.5 Å². The number of halogens is 2. The van der Waals surface area contributed by atoms with Gasteiger partial charge in [0.25, 0.3) is 10.0 Å². The molecule has 0 bridgehead atoms. The number of aryl methyl sites for hydroxylation is 1. The molecule has 0 atom stereocenters. The second kappa shape index (κ2) is 9.28. The number of benzene rings is 3. The van der Waals surface area contributed by atoms with Gasteiger partial charge in [0.05, 0.1) is 15.6 Å². The van der Waals surface area contributed by atoms with E-state index in [0.717, 1.165) is 22.4 Å². The number of carbonyl (C=O) groups is 1. The maximum absolute atomic E-state index is 13.6. The van der Waals surface area contributed by atoms with Gasteiger partial charge in [-0.25, -0.2) is 12.8 Å². The molecule has 30 heavy (non-hydrogen) atoms. The zero-order valence-corrected chi connectivity index (χ0v) is 17.8. The first-order valence-corrected chi connectivity index (χ1v) is 11.0. The van der Waals surface area contributed by atoms with Crippen LogP contribution in [-0.2, 0) is 21.2 Å². The molecule has 0 saturated heterocycles. The van der Waals surface area contributed by atoms with E-state index >= 15 is 0 Å².